The Hall–Kier alpha value is -2.62. The van der Waals surface area contributed by atoms with E-state index in [9.17, 15) is 9.59 Å². The summed E-state index contributed by atoms with van der Waals surface area (Å²) in [5, 5.41) is 15.0. The van der Waals surface area contributed by atoms with Crippen LogP contribution in [0.15, 0.2) is 29.4 Å². The smallest absolute Gasteiger partial charge is 0.321 e. The highest BCUT2D eigenvalue weighted by atomic mass is 32.2. The highest BCUT2D eigenvalue weighted by Crippen LogP contribution is 2.36. The van der Waals surface area contributed by atoms with Gasteiger partial charge in [0.25, 0.3) is 0 Å². The Bertz CT molecular complexity index is 803. The molecule has 0 spiro atoms. The third kappa shape index (κ3) is 5.19. The molecule has 0 bridgehead atoms. The Labute approximate surface area is 161 Å². The number of nitrogens with one attached hydrogen (secondary N) is 1. The fourth-order valence-electron chi connectivity index (χ4n) is 2.31. The zero-order chi connectivity index (χ0) is 19.4. The molecule has 1 aliphatic rings. The van der Waals surface area contributed by atoms with Crippen LogP contribution in [0.5, 0.6) is 5.75 Å². The predicted octanol–water partition coefficient (Wildman–Crippen LogP) is 2.26. The number of carbonyl (C=O) groups excluding carboxylic acids is 2. The lowest BCUT2D eigenvalue weighted by atomic mass is 10.3. The number of hydrogen-bond acceptors (Lipinski definition) is 7. The van der Waals surface area contributed by atoms with Crippen molar-refractivity contribution in [3.8, 4) is 5.75 Å². The van der Waals surface area contributed by atoms with E-state index in [2.05, 4.69) is 20.8 Å². The monoisotopic (exact) mass is 390 g/mol. The Morgan fingerprint density at radius 2 is 2.04 bits per heavy atom. The molecule has 0 unspecified atom stereocenters. The molecule has 0 atom stereocenters. The largest absolute Gasteiger partial charge is 0.426 e. The molecule has 0 aliphatic heterocycles. The molecule has 1 N–H and O–H groups in total. The van der Waals surface area contributed by atoms with E-state index in [1.54, 1.807) is 36.0 Å². The van der Waals surface area contributed by atoms with Crippen LogP contribution in [0.3, 0.4) is 0 Å². The molecule has 144 valence electrons. The van der Waals surface area contributed by atoms with Crippen molar-refractivity contribution in [2.75, 3.05) is 17.7 Å². The summed E-state index contributed by atoms with van der Waals surface area (Å²) in [5.74, 6) is 0.152. The van der Waals surface area contributed by atoms with Crippen LogP contribution in [0.25, 0.3) is 0 Å². The van der Waals surface area contributed by atoms with Crippen molar-refractivity contribution in [1.82, 2.24) is 25.5 Å². The number of amides is 2. The number of benzene rings is 1. The number of hydrogen-bond donors (Lipinski definition) is 1. The van der Waals surface area contributed by atoms with Gasteiger partial charge >= 0.3 is 12.0 Å². The number of aromatic nitrogens is 4. The van der Waals surface area contributed by atoms with Crippen LogP contribution in [0.1, 0.15) is 32.7 Å². The van der Waals surface area contributed by atoms with E-state index in [1.807, 2.05) is 13.8 Å². The molecule has 1 saturated carbocycles. The average molecular weight is 390 g/mol. The maximum absolute atomic E-state index is 12.1. The zero-order valence-electron chi connectivity index (χ0n) is 15.5. The van der Waals surface area contributed by atoms with E-state index < -0.39 is 0 Å². The fraction of sp³-hybridized carbons (Fsp3) is 0.471. The van der Waals surface area contributed by atoms with Crippen LogP contribution >= 0.6 is 11.8 Å². The average Bonchev–Trinajstić information content (AvgIpc) is 3.37. The maximum Gasteiger partial charge on any atom is 0.321 e. The minimum absolute atomic E-state index is 0.0542. The van der Waals surface area contributed by atoms with Gasteiger partial charge in [-0.15, -0.1) is 5.10 Å². The summed E-state index contributed by atoms with van der Waals surface area (Å²) in [6.07, 6.45) is 2.14. The molecular weight excluding hydrogens is 368 g/mol. The van der Waals surface area contributed by atoms with Crippen LogP contribution in [-0.2, 0) is 4.79 Å². The van der Waals surface area contributed by atoms with Gasteiger partial charge in [-0.3, -0.25) is 9.69 Å². The number of tetrazole rings is 1. The first-order chi connectivity index (χ1) is 12.9. The molecular formula is C17H22N6O3S. The molecule has 0 radical (unpaired) electrons. The second-order valence-corrected chi connectivity index (χ2v) is 7.50. The summed E-state index contributed by atoms with van der Waals surface area (Å²) in [7, 11) is 1.68. The number of esters is 1. The number of carbonyl (C=O) groups is 2. The van der Waals surface area contributed by atoms with E-state index in [0.29, 0.717) is 22.6 Å². The third-order valence-corrected chi connectivity index (χ3v) is 4.75. The summed E-state index contributed by atoms with van der Waals surface area (Å²) in [5.41, 5.74) is 0.700. The molecule has 1 aromatic heterocycles. The van der Waals surface area contributed by atoms with E-state index in [1.165, 1.54) is 16.7 Å². The molecule has 27 heavy (non-hydrogen) atoms. The van der Waals surface area contributed by atoms with Crippen molar-refractivity contribution >= 4 is 29.4 Å². The quantitative estimate of drug-likeness (QED) is 0.439. The van der Waals surface area contributed by atoms with Crippen molar-refractivity contribution in [2.45, 2.75) is 43.9 Å². The normalized spacial score (nSPS) is 13.5. The molecule has 3 rings (SSSR count). The summed E-state index contributed by atoms with van der Waals surface area (Å²) >= 11 is 1.26. The second-order valence-electron chi connectivity index (χ2n) is 6.56. The fourth-order valence-corrected chi connectivity index (χ4v) is 3.03. The Morgan fingerprint density at radius 3 is 2.67 bits per heavy atom. The van der Waals surface area contributed by atoms with Gasteiger partial charge in [0.15, 0.2) is 0 Å². The van der Waals surface area contributed by atoms with E-state index in [0.717, 1.165) is 12.8 Å². The van der Waals surface area contributed by atoms with Crippen molar-refractivity contribution < 1.29 is 14.3 Å². The van der Waals surface area contributed by atoms with Gasteiger partial charge in [0.1, 0.15) is 5.75 Å². The topological polar surface area (TPSA) is 102 Å². The molecule has 1 aliphatic carbocycles. The van der Waals surface area contributed by atoms with Crippen molar-refractivity contribution in [1.29, 1.82) is 0 Å². The molecule has 1 heterocycles. The molecule has 0 saturated heterocycles. The second kappa shape index (κ2) is 8.38. The number of nitrogens with zero attached hydrogens (tertiary/aromatic N) is 5. The van der Waals surface area contributed by atoms with Crippen LogP contribution < -0.4 is 15.0 Å². The molecule has 1 aromatic carbocycles. The van der Waals surface area contributed by atoms with Gasteiger partial charge in [-0.25, -0.2) is 9.48 Å². The number of thioether (sulfide) groups is 1. The Morgan fingerprint density at radius 1 is 1.33 bits per heavy atom. The standard InChI is InChI=1S/C17H22N6O3S/c1-11(2)18-16(25)22(3)12-6-8-14(9-7-12)26-15(24)10-27-17-19-20-21-23(17)13-4-5-13/h6-9,11,13H,4-5,10H2,1-3H3,(H,18,25). The SMILES string of the molecule is CC(C)NC(=O)N(C)c1ccc(OC(=O)CSc2nnnn2C2CC2)cc1. The first-order valence-electron chi connectivity index (χ1n) is 8.69. The van der Waals surface area contributed by atoms with Gasteiger partial charge < -0.3 is 10.1 Å². The summed E-state index contributed by atoms with van der Waals surface area (Å²) in [6, 6.07) is 6.98. The molecule has 2 amide bonds. The van der Waals surface area contributed by atoms with Crippen LogP contribution in [-0.4, -0.2) is 51.1 Å². The van der Waals surface area contributed by atoms with Crippen molar-refractivity contribution in [3.63, 3.8) is 0 Å². The van der Waals surface area contributed by atoms with Gasteiger partial charge in [-0.2, -0.15) is 0 Å². The van der Waals surface area contributed by atoms with Gasteiger partial charge in [-0.05, 0) is 61.4 Å². The lowest BCUT2D eigenvalue weighted by Gasteiger charge is -2.20. The van der Waals surface area contributed by atoms with E-state index in [-0.39, 0.29) is 23.8 Å². The minimum atomic E-state index is -0.385. The Kier molecular flexibility index (Phi) is 5.94. The van der Waals surface area contributed by atoms with Crippen LogP contribution in [0.2, 0.25) is 0 Å². The highest BCUT2D eigenvalue weighted by molar-refractivity contribution is 7.99. The summed E-state index contributed by atoms with van der Waals surface area (Å²) in [6.45, 7) is 3.80. The van der Waals surface area contributed by atoms with Gasteiger partial charge in [0, 0.05) is 18.8 Å². The van der Waals surface area contributed by atoms with Crippen LogP contribution in [0, 0.1) is 0 Å². The Balaban J connectivity index is 1.50. The molecule has 1 fully saturated rings. The van der Waals surface area contributed by atoms with Crippen molar-refractivity contribution in [3.05, 3.63) is 24.3 Å². The molecule has 2 aromatic rings. The third-order valence-electron chi connectivity index (χ3n) is 3.85. The maximum atomic E-state index is 12.1. The van der Waals surface area contributed by atoms with Gasteiger partial charge in [-0.1, -0.05) is 11.8 Å². The number of rotatable bonds is 7. The van der Waals surface area contributed by atoms with Crippen molar-refractivity contribution in [2.24, 2.45) is 0 Å². The summed E-state index contributed by atoms with van der Waals surface area (Å²) < 4.78 is 7.09. The highest BCUT2D eigenvalue weighted by Gasteiger charge is 2.28. The summed E-state index contributed by atoms with van der Waals surface area (Å²) in [4.78, 5) is 25.6. The lowest BCUT2D eigenvalue weighted by molar-refractivity contribution is -0.131. The van der Waals surface area contributed by atoms with E-state index in [4.69, 9.17) is 4.74 Å². The van der Waals surface area contributed by atoms with Gasteiger partial charge in [0.05, 0.1) is 11.8 Å². The molecule has 9 nitrogen and oxygen atoms in total. The zero-order valence-corrected chi connectivity index (χ0v) is 16.3. The van der Waals surface area contributed by atoms with Gasteiger partial charge in [0.2, 0.25) is 5.16 Å². The minimum Gasteiger partial charge on any atom is -0.426 e. The number of anilines is 1. The van der Waals surface area contributed by atoms with E-state index >= 15 is 0 Å². The van der Waals surface area contributed by atoms with Crippen LogP contribution in [0.4, 0.5) is 10.5 Å². The number of ether oxygens (including phenoxy) is 1. The first-order valence-corrected chi connectivity index (χ1v) is 9.68. The number of urea groups is 1. The molecule has 10 heteroatoms. The first kappa shape index (κ1) is 19.2. The lowest BCUT2D eigenvalue weighted by Crippen LogP contribution is -2.40. The predicted molar refractivity (Wildman–Crippen MR) is 101 cm³/mol.